The van der Waals surface area contributed by atoms with E-state index in [9.17, 15) is 0 Å². The first-order chi connectivity index (χ1) is 13.5. The summed E-state index contributed by atoms with van der Waals surface area (Å²) in [5.41, 5.74) is 1.47. The largest absolute Gasteiger partial charge is 1.00 e. The molecule has 0 bridgehead atoms. The van der Waals surface area contributed by atoms with Crippen molar-refractivity contribution in [1.82, 2.24) is 9.80 Å². The van der Waals surface area contributed by atoms with Gasteiger partial charge >= 0.3 is 58.2 Å². The standard InChI is InChI=1S/C24H43N2.C2H6.Rb/c1-4-25-13-11-24(12-14-25)17-21(18-24)19-26-15-9-23(10-16-26)7-5-22(6-8-23)20(2)3;1-2;/h20,22H,4-19H2,1-3H3;1-2H3;/q-1;;+1. The number of hydrogen-bond acceptors (Lipinski definition) is 2. The zero-order valence-electron chi connectivity index (χ0n) is 20.9. The first kappa shape index (κ1) is 27.0. The molecule has 0 radical (unpaired) electrons. The Bertz CT molecular complexity index is 443. The van der Waals surface area contributed by atoms with Crippen molar-refractivity contribution < 1.29 is 58.2 Å². The molecular formula is C26H49N2Rb. The molecule has 2 heterocycles. The third kappa shape index (κ3) is 6.86. The Balaban J connectivity index is 0.000000970. The van der Waals surface area contributed by atoms with Crippen LogP contribution in [0.25, 0.3) is 0 Å². The van der Waals surface area contributed by atoms with E-state index in [-0.39, 0.29) is 58.2 Å². The molecule has 4 aliphatic rings. The maximum Gasteiger partial charge on any atom is 1.00 e. The van der Waals surface area contributed by atoms with Crippen LogP contribution in [0.15, 0.2) is 0 Å². The normalized spacial score (nSPS) is 27.9. The van der Waals surface area contributed by atoms with Gasteiger partial charge < -0.3 is 9.80 Å². The molecule has 2 spiro atoms. The van der Waals surface area contributed by atoms with Crippen molar-refractivity contribution in [1.29, 1.82) is 0 Å². The molecule has 0 amide bonds. The molecule has 2 saturated carbocycles. The molecule has 0 N–H and O–H groups in total. The van der Waals surface area contributed by atoms with E-state index < -0.39 is 0 Å². The number of likely N-dealkylation sites (tertiary alicyclic amines) is 2. The molecule has 164 valence electrons. The minimum absolute atomic E-state index is 0. The van der Waals surface area contributed by atoms with Gasteiger partial charge in [-0.2, -0.15) is 12.8 Å². The van der Waals surface area contributed by atoms with Gasteiger partial charge in [0.15, 0.2) is 0 Å². The smallest absolute Gasteiger partial charge is 0.332 e. The number of hydrogen-bond donors (Lipinski definition) is 0. The Labute approximate surface area is 232 Å². The predicted molar refractivity (Wildman–Crippen MR) is 123 cm³/mol. The first-order valence-corrected chi connectivity index (χ1v) is 12.8. The van der Waals surface area contributed by atoms with Crippen molar-refractivity contribution in [2.24, 2.45) is 22.7 Å². The van der Waals surface area contributed by atoms with Gasteiger partial charge in [-0.1, -0.05) is 40.0 Å². The summed E-state index contributed by atoms with van der Waals surface area (Å²) < 4.78 is 0. The van der Waals surface area contributed by atoms with E-state index in [0.717, 1.165) is 22.7 Å². The molecule has 2 aliphatic heterocycles. The molecule has 0 unspecified atom stereocenters. The van der Waals surface area contributed by atoms with E-state index in [0.29, 0.717) is 0 Å². The summed E-state index contributed by atoms with van der Waals surface area (Å²) in [4.78, 5) is 5.45. The fourth-order valence-corrected chi connectivity index (χ4v) is 6.74. The van der Waals surface area contributed by atoms with Crippen molar-refractivity contribution in [3.63, 3.8) is 0 Å². The topological polar surface area (TPSA) is 6.48 Å². The quantitative estimate of drug-likeness (QED) is 0.576. The third-order valence-corrected chi connectivity index (χ3v) is 9.01. The SMILES string of the molecule is CC.CCN1CCC2(CC1)C[C-](CN1CCC3(CCC(C(C)C)CC3)CC1)C2.[Rb+]. The van der Waals surface area contributed by atoms with Crippen molar-refractivity contribution in [3.05, 3.63) is 5.92 Å². The summed E-state index contributed by atoms with van der Waals surface area (Å²) in [7, 11) is 0. The van der Waals surface area contributed by atoms with E-state index in [2.05, 4.69) is 30.6 Å². The van der Waals surface area contributed by atoms with Gasteiger partial charge in [-0.3, -0.25) is 5.92 Å². The second-order valence-electron chi connectivity index (χ2n) is 10.9. The summed E-state index contributed by atoms with van der Waals surface area (Å²) in [6, 6.07) is 0. The first-order valence-electron chi connectivity index (χ1n) is 12.8. The average Bonchev–Trinajstić information content (AvgIpc) is 2.71. The molecule has 4 rings (SSSR count). The minimum atomic E-state index is 0. The Hall–Kier alpha value is 1.73. The average molecular weight is 475 g/mol. The van der Waals surface area contributed by atoms with Crippen LogP contribution in [-0.4, -0.2) is 49.1 Å². The fourth-order valence-electron chi connectivity index (χ4n) is 6.74. The summed E-state index contributed by atoms with van der Waals surface area (Å²) in [6.45, 7) is 19.2. The molecule has 29 heavy (non-hydrogen) atoms. The van der Waals surface area contributed by atoms with Gasteiger partial charge in [-0.05, 0) is 101 Å². The molecule has 2 saturated heterocycles. The summed E-state index contributed by atoms with van der Waals surface area (Å²) in [6.07, 6.45) is 14.9. The van der Waals surface area contributed by atoms with Crippen LogP contribution < -0.4 is 58.2 Å². The van der Waals surface area contributed by atoms with Gasteiger partial charge in [0, 0.05) is 0 Å². The molecule has 2 nitrogen and oxygen atoms in total. The number of rotatable bonds is 4. The second kappa shape index (κ2) is 12.3. The van der Waals surface area contributed by atoms with E-state index in [4.69, 9.17) is 0 Å². The van der Waals surface area contributed by atoms with Crippen LogP contribution in [0.2, 0.25) is 0 Å². The van der Waals surface area contributed by atoms with Crippen LogP contribution in [0.3, 0.4) is 0 Å². The summed E-state index contributed by atoms with van der Waals surface area (Å²) in [5.74, 6) is 3.80. The molecule has 0 aromatic rings. The van der Waals surface area contributed by atoms with Crippen molar-refractivity contribution in [2.75, 3.05) is 39.3 Å². The Morgan fingerprint density at radius 1 is 0.793 bits per heavy atom. The molecule has 0 atom stereocenters. The summed E-state index contributed by atoms with van der Waals surface area (Å²) in [5, 5.41) is 0. The van der Waals surface area contributed by atoms with E-state index in [1.807, 2.05) is 19.8 Å². The van der Waals surface area contributed by atoms with E-state index >= 15 is 0 Å². The van der Waals surface area contributed by atoms with Crippen LogP contribution >= 0.6 is 0 Å². The monoisotopic (exact) mass is 474 g/mol. The van der Waals surface area contributed by atoms with E-state index in [1.165, 1.54) is 103 Å². The number of nitrogens with zero attached hydrogens (tertiary/aromatic N) is 2. The van der Waals surface area contributed by atoms with Crippen molar-refractivity contribution >= 4 is 0 Å². The summed E-state index contributed by atoms with van der Waals surface area (Å²) >= 11 is 0. The zero-order chi connectivity index (χ0) is 20.2. The molecule has 0 aromatic carbocycles. The third-order valence-electron chi connectivity index (χ3n) is 9.01. The van der Waals surface area contributed by atoms with Crippen LogP contribution in [0.4, 0.5) is 0 Å². The Morgan fingerprint density at radius 3 is 1.76 bits per heavy atom. The van der Waals surface area contributed by atoms with Crippen LogP contribution in [0, 0.1) is 28.6 Å². The second-order valence-corrected chi connectivity index (χ2v) is 10.9. The number of piperidine rings is 2. The Kier molecular flexibility index (Phi) is 11.4. The molecular weight excluding hydrogens is 426 g/mol. The molecule has 0 aromatic heterocycles. The van der Waals surface area contributed by atoms with Crippen molar-refractivity contribution in [3.8, 4) is 0 Å². The van der Waals surface area contributed by atoms with Crippen LogP contribution in [0.5, 0.6) is 0 Å². The zero-order valence-corrected chi connectivity index (χ0v) is 25.8. The minimum Gasteiger partial charge on any atom is -0.332 e. The van der Waals surface area contributed by atoms with Gasteiger partial charge in [-0.25, -0.2) is 0 Å². The van der Waals surface area contributed by atoms with Crippen LogP contribution in [-0.2, 0) is 0 Å². The maximum absolute atomic E-state index is 2.81. The maximum atomic E-state index is 2.81. The van der Waals surface area contributed by atoms with Gasteiger partial charge in [-0.15, -0.1) is 6.54 Å². The fraction of sp³-hybridized carbons (Fsp3) is 0.962. The molecule has 3 heteroatoms. The van der Waals surface area contributed by atoms with Gasteiger partial charge in [0.2, 0.25) is 0 Å². The molecule has 4 fully saturated rings. The van der Waals surface area contributed by atoms with E-state index in [1.54, 1.807) is 0 Å². The van der Waals surface area contributed by atoms with Gasteiger partial charge in [0.05, 0.1) is 0 Å². The van der Waals surface area contributed by atoms with Gasteiger partial charge in [0.1, 0.15) is 0 Å². The predicted octanol–water partition coefficient (Wildman–Crippen LogP) is 3.42. The van der Waals surface area contributed by atoms with Crippen molar-refractivity contribution in [2.45, 2.75) is 98.8 Å². The Morgan fingerprint density at radius 2 is 1.28 bits per heavy atom. The van der Waals surface area contributed by atoms with Crippen LogP contribution in [0.1, 0.15) is 98.8 Å². The van der Waals surface area contributed by atoms with Gasteiger partial charge in [0.25, 0.3) is 0 Å². The molecule has 2 aliphatic carbocycles.